The molecule has 1 aromatic rings. The van der Waals surface area contributed by atoms with E-state index < -0.39 is 9.84 Å². The Morgan fingerprint density at radius 2 is 2.06 bits per heavy atom. The fraction of sp³-hybridized carbons (Fsp3) is 0.500. The van der Waals surface area contributed by atoms with E-state index in [9.17, 15) is 13.2 Å². The van der Waals surface area contributed by atoms with E-state index >= 15 is 0 Å². The molecule has 98 valence electrons. The molecule has 0 radical (unpaired) electrons. The largest absolute Gasteiger partial charge is 0.311 e. The molecule has 0 unspecified atom stereocenters. The normalized spacial score (nSPS) is 19.3. The zero-order valence-electron chi connectivity index (χ0n) is 10.0. The third kappa shape index (κ3) is 3.80. The average Bonchev–Trinajstić information content (AvgIpc) is 2.33. The number of amides is 1. The van der Waals surface area contributed by atoms with Gasteiger partial charge in [-0.1, -0.05) is 6.07 Å². The van der Waals surface area contributed by atoms with Crippen LogP contribution >= 0.6 is 0 Å². The molecule has 0 spiro atoms. The predicted molar refractivity (Wildman–Crippen MR) is 68.9 cm³/mol. The molecule has 1 saturated heterocycles. The van der Waals surface area contributed by atoms with Gasteiger partial charge in [0.2, 0.25) is 5.91 Å². The number of anilines is 1. The van der Waals surface area contributed by atoms with Gasteiger partial charge >= 0.3 is 0 Å². The lowest BCUT2D eigenvalue weighted by atomic mass is 9.98. The van der Waals surface area contributed by atoms with Crippen LogP contribution in [0.15, 0.2) is 24.4 Å². The van der Waals surface area contributed by atoms with Crippen LogP contribution in [-0.2, 0) is 14.6 Å². The van der Waals surface area contributed by atoms with Gasteiger partial charge in [0.05, 0.1) is 11.5 Å². The molecule has 0 aliphatic carbocycles. The van der Waals surface area contributed by atoms with Crippen LogP contribution < -0.4 is 5.32 Å². The maximum absolute atomic E-state index is 11.7. The molecule has 1 N–H and O–H groups in total. The first kappa shape index (κ1) is 13.0. The average molecular weight is 268 g/mol. The fourth-order valence-electron chi connectivity index (χ4n) is 2.04. The van der Waals surface area contributed by atoms with E-state index in [0.717, 1.165) is 0 Å². The van der Waals surface area contributed by atoms with E-state index in [2.05, 4.69) is 10.3 Å². The highest BCUT2D eigenvalue weighted by molar-refractivity contribution is 7.91. The lowest BCUT2D eigenvalue weighted by Crippen LogP contribution is -2.26. The zero-order chi connectivity index (χ0) is 13.0. The van der Waals surface area contributed by atoms with Gasteiger partial charge in [0.25, 0.3) is 0 Å². The summed E-state index contributed by atoms with van der Waals surface area (Å²) in [5, 5.41) is 2.71. The number of hydrogen-bond acceptors (Lipinski definition) is 4. The number of pyridine rings is 1. The molecule has 0 bridgehead atoms. The minimum Gasteiger partial charge on any atom is -0.311 e. The molecule has 0 atom stereocenters. The van der Waals surface area contributed by atoms with E-state index in [1.807, 2.05) is 0 Å². The smallest absolute Gasteiger partial charge is 0.225 e. The van der Waals surface area contributed by atoms with Crippen molar-refractivity contribution < 1.29 is 13.2 Å². The Kier molecular flexibility index (Phi) is 3.96. The van der Waals surface area contributed by atoms with Crippen LogP contribution in [0, 0.1) is 5.92 Å². The quantitative estimate of drug-likeness (QED) is 0.894. The topological polar surface area (TPSA) is 76.1 Å². The third-order valence-electron chi connectivity index (χ3n) is 3.08. The minimum absolute atomic E-state index is 0.0991. The number of aromatic nitrogens is 1. The molecule has 2 heterocycles. The summed E-state index contributed by atoms with van der Waals surface area (Å²) < 4.78 is 22.5. The molecular formula is C12H16N2O3S. The van der Waals surface area contributed by atoms with Gasteiger partial charge in [0.15, 0.2) is 0 Å². The molecule has 1 fully saturated rings. The van der Waals surface area contributed by atoms with Crippen LogP contribution in [-0.4, -0.2) is 30.8 Å². The number of carbonyl (C=O) groups is 1. The standard InChI is InChI=1S/C12H16N2O3S/c15-12(14-11-3-1-2-6-13-11)9-10-4-7-18(16,17)8-5-10/h1-3,6,10H,4-5,7-9H2,(H,13,14,15). The van der Waals surface area contributed by atoms with E-state index in [0.29, 0.717) is 25.1 Å². The number of nitrogens with one attached hydrogen (secondary N) is 1. The lowest BCUT2D eigenvalue weighted by Gasteiger charge is -2.21. The van der Waals surface area contributed by atoms with Gasteiger partial charge in [0.1, 0.15) is 15.7 Å². The Balaban J connectivity index is 1.82. The maximum atomic E-state index is 11.7. The Labute approximate surface area is 107 Å². The molecule has 6 heteroatoms. The van der Waals surface area contributed by atoms with Gasteiger partial charge in [-0.15, -0.1) is 0 Å². The lowest BCUT2D eigenvalue weighted by molar-refractivity contribution is -0.117. The van der Waals surface area contributed by atoms with Crippen molar-refractivity contribution >= 4 is 21.6 Å². The Hall–Kier alpha value is -1.43. The van der Waals surface area contributed by atoms with Gasteiger partial charge in [-0.3, -0.25) is 4.79 Å². The first-order valence-electron chi connectivity index (χ1n) is 5.96. The second-order valence-corrected chi connectivity index (χ2v) is 6.87. The maximum Gasteiger partial charge on any atom is 0.225 e. The van der Waals surface area contributed by atoms with Gasteiger partial charge in [-0.25, -0.2) is 13.4 Å². The summed E-state index contributed by atoms with van der Waals surface area (Å²) in [6, 6.07) is 5.31. The predicted octanol–water partition coefficient (Wildman–Crippen LogP) is 1.23. The van der Waals surface area contributed by atoms with E-state index in [1.54, 1.807) is 24.4 Å². The molecule has 1 amide bonds. The number of sulfone groups is 1. The summed E-state index contributed by atoms with van der Waals surface area (Å²) in [6.07, 6.45) is 3.14. The molecular weight excluding hydrogens is 252 g/mol. The molecule has 5 nitrogen and oxygen atoms in total. The summed E-state index contributed by atoms with van der Waals surface area (Å²) in [4.78, 5) is 15.7. The summed E-state index contributed by atoms with van der Waals surface area (Å²) in [6.45, 7) is 0. The van der Waals surface area contributed by atoms with Crippen molar-refractivity contribution in [2.75, 3.05) is 16.8 Å². The first-order valence-corrected chi connectivity index (χ1v) is 7.78. The summed E-state index contributed by atoms with van der Waals surface area (Å²) >= 11 is 0. The van der Waals surface area contributed by atoms with Crippen LogP contribution in [0.2, 0.25) is 0 Å². The highest BCUT2D eigenvalue weighted by Crippen LogP contribution is 2.22. The Morgan fingerprint density at radius 1 is 1.33 bits per heavy atom. The molecule has 2 rings (SSSR count). The van der Waals surface area contributed by atoms with E-state index in [1.165, 1.54) is 0 Å². The third-order valence-corrected chi connectivity index (χ3v) is 4.80. The van der Waals surface area contributed by atoms with Crippen LogP contribution in [0.1, 0.15) is 19.3 Å². The van der Waals surface area contributed by atoms with Gasteiger partial charge in [0, 0.05) is 12.6 Å². The molecule has 1 aliphatic heterocycles. The van der Waals surface area contributed by atoms with Crippen molar-refractivity contribution in [3.8, 4) is 0 Å². The van der Waals surface area contributed by atoms with Crippen LogP contribution in [0.4, 0.5) is 5.82 Å². The van der Waals surface area contributed by atoms with Crippen molar-refractivity contribution in [1.82, 2.24) is 4.98 Å². The molecule has 1 aromatic heterocycles. The number of nitrogens with zero attached hydrogens (tertiary/aromatic N) is 1. The van der Waals surface area contributed by atoms with E-state index in [4.69, 9.17) is 0 Å². The first-order chi connectivity index (χ1) is 8.55. The van der Waals surface area contributed by atoms with Crippen molar-refractivity contribution in [1.29, 1.82) is 0 Å². The molecule has 1 aliphatic rings. The number of carbonyl (C=O) groups excluding carboxylic acids is 1. The second-order valence-electron chi connectivity index (χ2n) is 4.56. The highest BCUT2D eigenvalue weighted by atomic mass is 32.2. The fourth-order valence-corrected chi connectivity index (χ4v) is 3.62. The molecule has 18 heavy (non-hydrogen) atoms. The summed E-state index contributed by atoms with van der Waals surface area (Å²) in [5.41, 5.74) is 0. The van der Waals surface area contributed by atoms with Crippen molar-refractivity contribution in [2.24, 2.45) is 5.92 Å². The van der Waals surface area contributed by atoms with Gasteiger partial charge in [-0.2, -0.15) is 0 Å². The minimum atomic E-state index is -2.85. The zero-order valence-corrected chi connectivity index (χ0v) is 10.8. The van der Waals surface area contributed by atoms with Crippen LogP contribution in [0.3, 0.4) is 0 Å². The Bertz CT molecular complexity index is 499. The van der Waals surface area contributed by atoms with Crippen LogP contribution in [0.25, 0.3) is 0 Å². The highest BCUT2D eigenvalue weighted by Gasteiger charge is 2.25. The monoisotopic (exact) mass is 268 g/mol. The summed E-state index contributed by atoms with van der Waals surface area (Å²) in [7, 11) is -2.85. The van der Waals surface area contributed by atoms with Crippen LogP contribution in [0.5, 0.6) is 0 Å². The summed E-state index contributed by atoms with van der Waals surface area (Å²) in [5.74, 6) is 1.00. The Morgan fingerprint density at radius 3 is 2.67 bits per heavy atom. The number of rotatable bonds is 3. The van der Waals surface area contributed by atoms with Crippen molar-refractivity contribution in [3.63, 3.8) is 0 Å². The van der Waals surface area contributed by atoms with Gasteiger partial charge in [-0.05, 0) is 30.9 Å². The second kappa shape index (κ2) is 5.48. The van der Waals surface area contributed by atoms with E-state index in [-0.39, 0.29) is 23.3 Å². The molecule has 0 saturated carbocycles. The SMILES string of the molecule is O=C(CC1CCS(=O)(=O)CC1)Nc1ccccn1. The van der Waals surface area contributed by atoms with Crippen molar-refractivity contribution in [3.05, 3.63) is 24.4 Å². The molecule has 0 aromatic carbocycles. The van der Waals surface area contributed by atoms with Crippen molar-refractivity contribution in [2.45, 2.75) is 19.3 Å². The number of hydrogen-bond donors (Lipinski definition) is 1. The van der Waals surface area contributed by atoms with Gasteiger partial charge < -0.3 is 5.32 Å².